The topological polar surface area (TPSA) is 66.1 Å². The molecular formula is C21H25N3O2S. The Bertz CT molecular complexity index is 1030. The van der Waals surface area contributed by atoms with Gasteiger partial charge in [0.05, 0.1) is 22.0 Å². The number of sulfonamides is 1. The summed E-state index contributed by atoms with van der Waals surface area (Å²) in [6.07, 6.45) is 1.61. The average molecular weight is 384 g/mol. The van der Waals surface area contributed by atoms with E-state index in [9.17, 15) is 8.42 Å². The number of hydrogen-bond donors (Lipinski definition) is 1. The van der Waals surface area contributed by atoms with E-state index in [0.717, 1.165) is 35.3 Å². The van der Waals surface area contributed by atoms with Gasteiger partial charge in [-0.2, -0.15) is 4.31 Å². The van der Waals surface area contributed by atoms with Crippen molar-refractivity contribution in [2.45, 2.75) is 50.0 Å². The monoisotopic (exact) mass is 383 g/mol. The highest BCUT2D eigenvalue weighted by Gasteiger charge is 2.37. The Kier molecular flexibility index (Phi) is 4.35. The molecule has 2 heterocycles. The van der Waals surface area contributed by atoms with Crippen molar-refractivity contribution in [3.05, 3.63) is 59.9 Å². The minimum atomic E-state index is -3.56. The fraction of sp³-hybridized carbons (Fsp3) is 0.381. The van der Waals surface area contributed by atoms with Crippen molar-refractivity contribution in [1.29, 1.82) is 0 Å². The van der Waals surface area contributed by atoms with Crippen LogP contribution in [0, 0.1) is 0 Å². The molecule has 1 aliphatic heterocycles. The number of aromatic nitrogens is 2. The number of hydrogen-bond acceptors (Lipinski definition) is 3. The molecule has 1 aliphatic rings. The van der Waals surface area contributed by atoms with Crippen LogP contribution in [-0.2, 0) is 15.4 Å². The van der Waals surface area contributed by atoms with Crippen LogP contribution in [0.15, 0.2) is 53.4 Å². The molecule has 6 heteroatoms. The average Bonchev–Trinajstić information content (AvgIpc) is 3.28. The number of para-hydroxylation sites is 2. The van der Waals surface area contributed by atoms with Gasteiger partial charge in [0, 0.05) is 6.54 Å². The first kappa shape index (κ1) is 18.2. The molecule has 1 saturated heterocycles. The molecule has 0 radical (unpaired) electrons. The van der Waals surface area contributed by atoms with Crippen molar-refractivity contribution in [3.63, 3.8) is 0 Å². The third-order valence-corrected chi connectivity index (χ3v) is 7.18. The zero-order valence-corrected chi connectivity index (χ0v) is 16.8. The maximum atomic E-state index is 13.3. The van der Waals surface area contributed by atoms with Gasteiger partial charge in [0.25, 0.3) is 0 Å². The molecule has 0 unspecified atom stereocenters. The minimum absolute atomic E-state index is 0.00720. The third kappa shape index (κ3) is 3.28. The van der Waals surface area contributed by atoms with Crippen molar-refractivity contribution in [2.75, 3.05) is 6.54 Å². The maximum Gasteiger partial charge on any atom is 0.243 e. The van der Waals surface area contributed by atoms with E-state index < -0.39 is 10.0 Å². The second-order valence-corrected chi connectivity index (χ2v) is 10.1. The molecular weight excluding hydrogens is 358 g/mol. The van der Waals surface area contributed by atoms with Crippen molar-refractivity contribution >= 4 is 21.1 Å². The molecule has 0 aliphatic carbocycles. The fourth-order valence-corrected chi connectivity index (χ4v) is 5.35. The molecule has 1 atom stereocenters. The first-order valence-electron chi connectivity index (χ1n) is 9.34. The van der Waals surface area contributed by atoms with Gasteiger partial charge < -0.3 is 4.98 Å². The van der Waals surface area contributed by atoms with Gasteiger partial charge in [0.2, 0.25) is 10.0 Å². The predicted molar refractivity (Wildman–Crippen MR) is 107 cm³/mol. The Morgan fingerprint density at radius 3 is 2.44 bits per heavy atom. The SMILES string of the molecule is CC(C)(C)c1ccc(S(=O)(=O)N2CCC[C@H]2c2nc3ccccc3[nH]2)cc1. The molecule has 5 nitrogen and oxygen atoms in total. The van der Waals surface area contributed by atoms with Crippen molar-refractivity contribution in [1.82, 2.24) is 14.3 Å². The molecule has 2 aromatic carbocycles. The Morgan fingerprint density at radius 2 is 1.78 bits per heavy atom. The number of rotatable bonds is 3. The maximum absolute atomic E-state index is 13.3. The second kappa shape index (κ2) is 6.46. The summed E-state index contributed by atoms with van der Waals surface area (Å²) in [5.74, 6) is 0.726. The van der Waals surface area contributed by atoms with Crippen LogP contribution >= 0.6 is 0 Å². The van der Waals surface area contributed by atoms with Crippen LogP contribution in [0.25, 0.3) is 11.0 Å². The molecule has 4 rings (SSSR count). The lowest BCUT2D eigenvalue weighted by Crippen LogP contribution is -2.31. The predicted octanol–water partition coefficient (Wildman–Crippen LogP) is 4.39. The number of fused-ring (bicyclic) bond motifs is 1. The first-order valence-corrected chi connectivity index (χ1v) is 10.8. The number of imidazole rings is 1. The van der Waals surface area contributed by atoms with Crippen molar-refractivity contribution < 1.29 is 8.42 Å². The lowest BCUT2D eigenvalue weighted by atomic mass is 9.87. The highest BCUT2D eigenvalue weighted by atomic mass is 32.2. The Labute approximate surface area is 160 Å². The van der Waals surface area contributed by atoms with E-state index in [-0.39, 0.29) is 11.5 Å². The molecule has 0 amide bonds. The number of nitrogens with one attached hydrogen (secondary N) is 1. The van der Waals surface area contributed by atoms with E-state index in [2.05, 4.69) is 30.7 Å². The Morgan fingerprint density at radius 1 is 1.07 bits per heavy atom. The van der Waals surface area contributed by atoms with Gasteiger partial charge >= 0.3 is 0 Å². The van der Waals surface area contributed by atoms with Crippen molar-refractivity contribution in [2.24, 2.45) is 0 Å². The number of nitrogens with zero attached hydrogens (tertiary/aromatic N) is 2. The van der Waals surface area contributed by atoms with Crippen LogP contribution in [0.5, 0.6) is 0 Å². The van der Waals surface area contributed by atoms with E-state index in [0.29, 0.717) is 11.4 Å². The second-order valence-electron chi connectivity index (χ2n) is 8.19. The number of benzene rings is 2. The van der Waals surface area contributed by atoms with Gasteiger partial charge in [-0.25, -0.2) is 13.4 Å². The van der Waals surface area contributed by atoms with E-state index in [1.54, 1.807) is 16.4 Å². The van der Waals surface area contributed by atoms with Gasteiger partial charge in [0.15, 0.2) is 0 Å². The third-order valence-electron chi connectivity index (χ3n) is 5.25. The van der Waals surface area contributed by atoms with Gasteiger partial charge in [0.1, 0.15) is 5.82 Å². The summed E-state index contributed by atoms with van der Waals surface area (Å²) in [6, 6.07) is 14.8. The summed E-state index contributed by atoms with van der Waals surface area (Å²) in [6.45, 7) is 6.88. The largest absolute Gasteiger partial charge is 0.341 e. The van der Waals surface area contributed by atoms with E-state index >= 15 is 0 Å². The van der Waals surface area contributed by atoms with Crippen LogP contribution in [-0.4, -0.2) is 29.2 Å². The number of H-pyrrole nitrogens is 1. The molecule has 0 saturated carbocycles. The molecule has 1 fully saturated rings. The van der Waals surface area contributed by atoms with E-state index in [1.807, 2.05) is 36.4 Å². The molecule has 142 valence electrons. The zero-order valence-electron chi connectivity index (χ0n) is 15.9. The summed E-state index contributed by atoms with van der Waals surface area (Å²) in [7, 11) is -3.56. The van der Waals surface area contributed by atoms with Gasteiger partial charge in [-0.05, 0) is 48.1 Å². The van der Waals surface area contributed by atoms with Crippen LogP contribution < -0.4 is 0 Å². The summed E-state index contributed by atoms with van der Waals surface area (Å²) < 4.78 is 28.2. The van der Waals surface area contributed by atoms with Crippen LogP contribution in [0.1, 0.15) is 51.0 Å². The molecule has 0 bridgehead atoms. The highest BCUT2D eigenvalue weighted by molar-refractivity contribution is 7.89. The zero-order chi connectivity index (χ0) is 19.2. The summed E-state index contributed by atoms with van der Waals surface area (Å²) >= 11 is 0. The standard InChI is InChI=1S/C21H25N3O2S/c1-21(2,3)15-10-12-16(13-11-15)27(25,26)24-14-6-9-19(24)20-22-17-7-4-5-8-18(17)23-20/h4-5,7-8,10-13,19H,6,9,14H2,1-3H3,(H,22,23)/t19-/m0/s1. The van der Waals surface area contributed by atoms with Crippen LogP contribution in [0.3, 0.4) is 0 Å². The molecule has 1 N–H and O–H groups in total. The van der Waals surface area contributed by atoms with Crippen LogP contribution in [0.2, 0.25) is 0 Å². The minimum Gasteiger partial charge on any atom is -0.341 e. The van der Waals surface area contributed by atoms with Gasteiger partial charge in [-0.1, -0.05) is 45.0 Å². The van der Waals surface area contributed by atoms with E-state index in [4.69, 9.17) is 0 Å². The number of aromatic amines is 1. The summed E-state index contributed by atoms with van der Waals surface area (Å²) in [5.41, 5.74) is 2.92. The van der Waals surface area contributed by atoms with Crippen LogP contribution in [0.4, 0.5) is 0 Å². The smallest absolute Gasteiger partial charge is 0.243 e. The Hall–Kier alpha value is -2.18. The normalized spacial score (nSPS) is 19.0. The molecule has 27 heavy (non-hydrogen) atoms. The Balaban J connectivity index is 1.68. The highest BCUT2D eigenvalue weighted by Crippen LogP contribution is 2.36. The molecule has 0 spiro atoms. The van der Waals surface area contributed by atoms with Gasteiger partial charge in [-0.3, -0.25) is 0 Å². The summed E-state index contributed by atoms with van der Waals surface area (Å²) in [4.78, 5) is 8.29. The molecule has 3 aromatic rings. The fourth-order valence-electron chi connectivity index (χ4n) is 3.69. The first-order chi connectivity index (χ1) is 12.8. The van der Waals surface area contributed by atoms with E-state index in [1.165, 1.54) is 0 Å². The summed E-state index contributed by atoms with van der Waals surface area (Å²) in [5, 5.41) is 0. The van der Waals surface area contributed by atoms with Gasteiger partial charge in [-0.15, -0.1) is 0 Å². The lowest BCUT2D eigenvalue weighted by molar-refractivity contribution is 0.385. The van der Waals surface area contributed by atoms with Crippen molar-refractivity contribution in [3.8, 4) is 0 Å². The molecule has 1 aromatic heterocycles. The quantitative estimate of drug-likeness (QED) is 0.730. The lowest BCUT2D eigenvalue weighted by Gasteiger charge is -2.24.